The normalized spacial score (nSPS) is 10.6. The smallest absolute Gasteiger partial charge is 0.255 e. The number of anilines is 1. The minimum absolute atomic E-state index is 0.225. The van der Waals surface area contributed by atoms with Gasteiger partial charge >= 0.3 is 0 Å². The molecule has 1 heterocycles. The molecule has 0 saturated heterocycles. The Morgan fingerprint density at radius 3 is 2.41 bits per heavy atom. The fourth-order valence-corrected chi connectivity index (χ4v) is 3.18. The van der Waals surface area contributed by atoms with Crippen LogP contribution in [0.2, 0.25) is 0 Å². The number of oxazole rings is 1. The van der Waals surface area contributed by atoms with Gasteiger partial charge in [0.1, 0.15) is 29.6 Å². The maximum atomic E-state index is 12.6. The Kier molecular flexibility index (Phi) is 6.22. The summed E-state index contributed by atoms with van der Waals surface area (Å²) >= 11 is 0. The number of nitrogens with zero attached hydrogens (tertiary/aromatic N) is 1. The maximum Gasteiger partial charge on any atom is 0.255 e. The minimum Gasteiger partial charge on any atom is -0.495 e. The van der Waals surface area contributed by atoms with Gasteiger partial charge in [0.15, 0.2) is 0 Å². The van der Waals surface area contributed by atoms with Gasteiger partial charge in [-0.2, -0.15) is 0 Å². The molecule has 0 aliphatic carbocycles. The highest BCUT2D eigenvalue weighted by molar-refractivity contribution is 6.05. The highest BCUT2D eigenvalue weighted by Gasteiger charge is 2.14. The number of carbonyl (C=O) groups is 1. The van der Waals surface area contributed by atoms with Gasteiger partial charge in [-0.15, -0.1) is 0 Å². The molecule has 32 heavy (non-hydrogen) atoms. The second kappa shape index (κ2) is 9.39. The van der Waals surface area contributed by atoms with E-state index in [2.05, 4.69) is 10.3 Å². The summed E-state index contributed by atoms with van der Waals surface area (Å²) in [5.41, 5.74) is 3.83. The quantitative estimate of drug-likeness (QED) is 0.403. The summed E-state index contributed by atoms with van der Waals surface area (Å²) in [6.45, 7) is 4.21. The van der Waals surface area contributed by atoms with Gasteiger partial charge in [-0.05, 0) is 62.4 Å². The number of amides is 1. The molecule has 4 rings (SSSR count). The molecule has 0 spiro atoms. The fraction of sp³-hybridized carbons (Fsp3) is 0.154. The molecule has 4 aromatic rings. The first-order chi connectivity index (χ1) is 15.5. The van der Waals surface area contributed by atoms with Crippen LogP contribution in [-0.2, 0) is 6.61 Å². The van der Waals surface area contributed by atoms with Gasteiger partial charge in [-0.25, -0.2) is 4.98 Å². The molecule has 1 amide bonds. The van der Waals surface area contributed by atoms with Gasteiger partial charge in [0, 0.05) is 11.1 Å². The molecule has 0 unspecified atom stereocenters. The topological polar surface area (TPSA) is 73.6 Å². The second-order valence-corrected chi connectivity index (χ2v) is 7.36. The predicted molar refractivity (Wildman–Crippen MR) is 123 cm³/mol. The van der Waals surface area contributed by atoms with Gasteiger partial charge in [-0.3, -0.25) is 4.79 Å². The van der Waals surface area contributed by atoms with E-state index < -0.39 is 0 Å². The molecular formula is C26H24N2O4. The van der Waals surface area contributed by atoms with Crippen LogP contribution in [0.25, 0.3) is 11.5 Å². The number of carbonyl (C=O) groups excluding carboxylic acids is 1. The van der Waals surface area contributed by atoms with Crippen LogP contribution < -0.4 is 14.8 Å². The number of aromatic nitrogens is 1. The minimum atomic E-state index is -0.225. The summed E-state index contributed by atoms with van der Waals surface area (Å²) in [5, 5.41) is 2.87. The van der Waals surface area contributed by atoms with Gasteiger partial charge in [0.25, 0.3) is 5.91 Å². The van der Waals surface area contributed by atoms with Crippen molar-refractivity contribution in [1.29, 1.82) is 0 Å². The molecule has 0 aliphatic heterocycles. The van der Waals surface area contributed by atoms with Crippen LogP contribution in [0.15, 0.2) is 77.2 Å². The fourth-order valence-electron chi connectivity index (χ4n) is 3.18. The monoisotopic (exact) mass is 428 g/mol. The average molecular weight is 428 g/mol. The standard InChI is InChI=1S/C26H24N2O4/c1-17-8-14-21(15-9-17)31-16-23-18(2)32-26(28-23)20-12-10-19(11-13-20)25(29)27-22-6-4-5-7-24(22)30-3/h4-15H,16H2,1-3H3,(H,27,29). The van der Waals surface area contributed by atoms with E-state index in [0.29, 0.717) is 35.3 Å². The Labute approximate surface area is 186 Å². The molecule has 3 aromatic carbocycles. The molecule has 0 bridgehead atoms. The van der Waals surface area contributed by atoms with Gasteiger partial charge in [0.05, 0.1) is 12.8 Å². The van der Waals surface area contributed by atoms with E-state index in [1.165, 1.54) is 5.56 Å². The SMILES string of the molecule is COc1ccccc1NC(=O)c1ccc(-c2nc(COc3ccc(C)cc3)c(C)o2)cc1. The van der Waals surface area contributed by atoms with E-state index in [9.17, 15) is 4.79 Å². The van der Waals surface area contributed by atoms with Gasteiger partial charge < -0.3 is 19.2 Å². The lowest BCUT2D eigenvalue weighted by Crippen LogP contribution is -2.12. The number of methoxy groups -OCH3 is 1. The number of hydrogen-bond donors (Lipinski definition) is 1. The third kappa shape index (κ3) is 4.81. The first kappa shape index (κ1) is 21.2. The Bertz CT molecular complexity index is 1210. The summed E-state index contributed by atoms with van der Waals surface area (Å²) in [7, 11) is 1.57. The molecule has 6 heteroatoms. The summed E-state index contributed by atoms with van der Waals surface area (Å²) in [6, 6.07) is 22.2. The molecule has 1 aromatic heterocycles. The number of benzene rings is 3. The number of ether oxygens (including phenoxy) is 2. The number of rotatable bonds is 7. The van der Waals surface area contributed by atoms with Gasteiger partial charge in [-0.1, -0.05) is 29.8 Å². The van der Waals surface area contributed by atoms with Crippen LogP contribution >= 0.6 is 0 Å². The zero-order valence-electron chi connectivity index (χ0n) is 18.2. The van der Waals surface area contributed by atoms with Crippen molar-refractivity contribution in [3.05, 3.63) is 95.4 Å². The van der Waals surface area contributed by atoms with Crippen molar-refractivity contribution in [3.63, 3.8) is 0 Å². The van der Waals surface area contributed by atoms with Crippen LogP contribution in [0.1, 0.15) is 27.4 Å². The van der Waals surface area contributed by atoms with Gasteiger partial charge in [0.2, 0.25) is 5.89 Å². The largest absolute Gasteiger partial charge is 0.495 e. The molecule has 1 N–H and O–H groups in total. The summed E-state index contributed by atoms with van der Waals surface area (Å²) in [6.07, 6.45) is 0. The lowest BCUT2D eigenvalue weighted by molar-refractivity contribution is 0.102. The molecule has 0 fully saturated rings. The van der Waals surface area contributed by atoms with E-state index in [1.54, 1.807) is 31.4 Å². The third-order valence-electron chi connectivity index (χ3n) is 5.04. The lowest BCUT2D eigenvalue weighted by Gasteiger charge is -2.09. The average Bonchev–Trinajstić information content (AvgIpc) is 3.19. The van der Waals surface area contributed by atoms with Crippen LogP contribution in [0.3, 0.4) is 0 Å². The Morgan fingerprint density at radius 2 is 1.69 bits per heavy atom. The molecular weight excluding hydrogens is 404 g/mol. The highest BCUT2D eigenvalue weighted by Crippen LogP contribution is 2.26. The molecule has 6 nitrogen and oxygen atoms in total. The van der Waals surface area contributed by atoms with E-state index >= 15 is 0 Å². The van der Waals surface area contributed by atoms with Crippen molar-refractivity contribution in [1.82, 2.24) is 4.98 Å². The van der Waals surface area contributed by atoms with E-state index in [-0.39, 0.29) is 5.91 Å². The van der Waals surface area contributed by atoms with E-state index in [4.69, 9.17) is 13.9 Å². The summed E-state index contributed by atoms with van der Waals surface area (Å²) in [5.74, 6) is 2.35. The van der Waals surface area contributed by atoms with Crippen LogP contribution in [0.4, 0.5) is 5.69 Å². The van der Waals surface area contributed by atoms with Crippen molar-refractivity contribution in [3.8, 4) is 23.0 Å². The summed E-state index contributed by atoms with van der Waals surface area (Å²) < 4.78 is 16.9. The van der Waals surface area contributed by atoms with Crippen molar-refractivity contribution < 1.29 is 18.7 Å². The van der Waals surface area contributed by atoms with Crippen LogP contribution in [0.5, 0.6) is 11.5 Å². The van der Waals surface area contributed by atoms with Crippen LogP contribution in [0, 0.1) is 13.8 Å². The van der Waals surface area contributed by atoms with E-state index in [0.717, 1.165) is 17.0 Å². The maximum absolute atomic E-state index is 12.6. The zero-order chi connectivity index (χ0) is 22.5. The Balaban J connectivity index is 1.44. The molecule has 0 saturated carbocycles. The number of aryl methyl sites for hydroxylation is 2. The molecule has 0 aliphatic rings. The number of para-hydroxylation sites is 2. The first-order valence-corrected chi connectivity index (χ1v) is 10.2. The Hall–Kier alpha value is -4.06. The second-order valence-electron chi connectivity index (χ2n) is 7.36. The van der Waals surface area contributed by atoms with E-state index in [1.807, 2.05) is 62.4 Å². The van der Waals surface area contributed by atoms with Crippen molar-refractivity contribution in [2.24, 2.45) is 0 Å². The predicted octanol–water partition coefficient (Wildman–Crippen LogP) is 5.80. The first-order valence-electron chi connectivity index (χ1n) is 10.2. The zero-order valence-corrected chi connectivity index (χ0v) is 18.2. The van der Waals surface area contributed by atoms with Crippen molar-refractivity contribution in [2.75, 3.05) is 12.4 Å². The summed E-state index contributed by atoms with van der Waals surface area (Å²) in [4.78, 5) is 17.2. The molecule has 162 valence electrons. The van der Waals surface area contributed by atoms with Crippen molar-refractivity contribution in [2.45, 2.75) is 20.5 Å². The number of nitrogens with one attached hydrogen (secondary N) is 1. The van der Waals surface area contributed by atoms with Crippen molar-refractivity contribution >= 4 is 11.6 Å². The number of hydrogen-bond acceptors (Lipinski definition) is 5. The lowest BCUT2D eigenvalue weighted by atomic mass is 10.1. The third-order valence-corrected chi connectivity index (χ3v) is 5.04. The van der Waals surface area contributed by atoms with Crippen LogP contribution in [-0.4, -0.2) is 18.0 Å². The Morgan fingerprint density at radius 1 is 0.969 bits per heavy atom. The highest BCUT2D eigenvalue weighted by atomic mass is 16.5. The molecule has 0 radical (unpaired) electrons. The molecule has 0 atom stereocenters.